The molecular formula is C13H20FNO2. The Kier molecular flexibility index (Phi) is 6.58. The normalized spacial score (nSPS) is 10.5. The number of methoxy groups -OCH3 is 1. The van der Waals surface area contributed by atoms with E-state index in [0.717, 1.165) is 43.7 Å². The van der Waals surface area contributed by atoms with Gasteiger partial charge in [0.25, 0.3) is 0 Å². The summed E-state index contributed by atoms with van der Waals surface area (Å²) in [6.45, 7) is 1.89. The minimum absolute atomic E-state index is 0.235. The fourth-order valence-electron chi connectivity index (χ4n) is 1.65. The van der Waals surface area contributed by atoms with E-state index in [-0.39, 0.29) is 12.4 Å². The highest BCUT2D eigenvalue weighted by atomic mass is 19.1. The zero-order valence-corrected chi connectivity index (χ0v) is 10.2. The van der Waals surface area contributed by atoms with Crippen LogP contribution >= 0.6 is 0 Å². The number of ether oxygens (including phenoxy) is 1. The number of hydrogen-bond acceptors (Lipinski definition) is 3. The van der Waals surface area contributed by atoms with Gasteiger partial charge in [0.15, 0.2) is 0 Å². The SMILES string of the molecule is COc1ccc(F)cc1CCNCCCCO. The first-order valence-electron chi connectivity index (χ1n) is 5.92. The van der Waals surface area contributed by atoms with Crippen molar-refractivity contribution in [2.45, 2.75) is 19.3 Å². The Hall–Kier alpha value is -1.13. The van der Waals surface area contributed by atoms with Crippen molar-refractivity contribution in [2.75, 3.05) is 26.8 Å². The molecule has 0 aliphatic heterocycles. The molecule has 0 aliphatic carbocycles. The van der Waals surface area contributed by atoms with E-state index in [1.807, 2.05) is 0 Å². The van der Waals surface area contributed by atoms with E-state index in [1.54, 1.807) is 13.2 Å². The molecule has 0 saturated heterocycles. The van der Waals surface area contributed by atoms with Gasteiger partial charge in [-0.05, 0) is 56.1 Å². The van der Waals surface area contributed by atoms with Crippen molar-refractivity contribution >= 4 is 0 Å². The summed E-state index contributed by atoms with van der Waals surface area (Å²) in [6.07, 6.45) is 2.51. The molecule has 1 rings (SSSR count). The van der Waals surface area contributed by atoms with Crippen LogP contribution in [-0.2, 0) is 6.42 Å². The summed E-state index contributed by atoms with van der Waals surface area (Å²) >= 11 is 0. The Morgan fingerprint density at radius 1 is 1.29 bits per heavy atom. The number of halogens is 1. The number of benzene rings is 1. The predicted molar refractivity (Wildman–Crippen MR) is 65.8 cm³/mol. The van der Waals surface area contributed by atoms with E-state index in [1.165, 1.54) is 12.1 Å². The molecule has 1 aromatic rings. The zero-order chi connectivity index (χ0) is 12.5. The topological polar surface area (TPSA) is 41.5 Å². The molecule has 2 N–H and O–H groups in total. The zero-order valence-electron chi connectivity index (χ0n) is 10.2. The molecule has 0 aromatic heterocycles. The van der Waals surface area contributed by atoms with Crippen molar-refractivity contribution in [3.8, 4) is 5.75 Å². The lowest BCUT2D eigenvalue weighted by atomic mass is 10.1. The van der Waals surface area contributed by atoms with Crippen LogP contribution < -0.4 is 10.1 Å². The average molecular weight is 241 g/mol. The summed E-state index contributed by atoms with van der Waals surface area (Å²) < 4.78 is 18.2. The summed E-state index contributed by atoms with van der Waals surface area (Å²) in [5.41, 5.74) is 0.877. The lowest BCUT2D eigenvalue weighted by molar-refractivity contribution is 0.284. The van der Waals surface area contributed by atoms with Gasteiger partial charge in [-0.15, -0.1) is 0 Å². The molecule has 0 spiro atoms. The fraction of sp³-hybridized carbons (Fsp3) is 0.538. The largest absolute Gasteiger partial charge is 0.496 e. The molecule has 3 nitrogen and oxygen atoms in total. The molecule has 1 aromatic carbocycles. The van der Waals surface area contributed by atoms with E-state index in [0.29, 0.717) is 0 Å². The maximum atomic E-state index is 13.1. The van der Waals surface area contributed by atoms with Gasteiger partial charge in [-0.25, -0.2) is 4.39 Å². The minimum Gasteiger partial charge on any atom is -0.496 e. The number of hydrogen-bond donors (Lipinski definition) is 2. The highest BCUT2D eigenvalue weighted by molar-refractivity contribution is 5.34. The van der Waals surface area contributed by atoms with E-state index in [2.05, 4.69) is 5.32 Å². The monoisotopic (exact) mass is 241 g/mol. The van der Waals surface area contributed by atoms with Crippen molar-refractivity contribution in [3.63, 3.8) is 0 Å². The van der Waals surface area contributed by atoms with Crippen LogP contribution in [0.5, 0.6) is 5.75 Å². The second-order valence-electron chi connectivity index (χ2n) is 3.89. The molecule has 0 heterocycles. The summed E-state index contributed by atoms with van der Waals surface area (Å²) in [6, 6.07) is 4.56. The van der Waals surface area contributed by atoms with Gasteiger partial charge < -0.3 is 15.2 Å². The predicted octanol–water partition coefficient (Wildman–Crippen LogP) is 1.74. The molecule has 96 valence electrons. The van der Waals surface area contributed by atoms with Crippen molar-refractivity contribution in [3.05, 3.63) is 29.6 Å². The van der Waals surface area contributed by atoms with Crippen LogP contribution in [0, 0.1) is 5.82 Å². The molecule has 0 fully saturated rings. The first kappa shape index (κ1) is 13.9. The Bertz CT molecular complexity index is 331. The van der Waals surface area contributed by atoms with Crippen LogP contribution in [0.3, 0.4) is 0 Å². The quantitative estimate of drug-likeness (QED) is 0.681. The molecule has 0 radical (unpaired) electrons. The first-order valence-corrected chi connectivity index (χ1v) is 5.92. The maximum Gasteiger partial charge on any atom is 0.123 e. The first-order chi connectivity index (χ1) is 8.27. The van der Waals surface area contributed by atoms with Gasteiger partial charge in [0, 0.05) is 6.61 Å². The van der Waals surface area contributed by atoms with Crippen molar-refractivity contribution in [1.82, 2.24) is 5.32 Å². The third kappa shape index (κ3) is 5.15. The number of aliphatic hydroxyl groups excluding tert-OH is 1. The highest BCUT2D eigenvalue weighted by Crippen LogP contribution is 2.19. The maximum absolute atomic E-state index is 13.1. The van der Waals surface area contributed by atoms with Crippen LogP contribution in [0.25, 0.3) is 0 Å². The molecule has 0 bridgehead atoms. The van der Waals surface area contributed by atoms with Crippen molar-refractivity contribution < 1.29 is 14.2 Å². The van der Waals surface area contributed by atoms with Crippen molar-refractivity contribution in [2.24, 2.45) is 0 Å². The molecule has 0 unspecified atom stereocenters. The van der Waals surface area contributed by atoms with E-state index < -0.39 is 0 Å². The third-order valence-electron chi connectivity index (χ3n) is 2.58. The minimum atomic E-state index is -0.235. The molecular weight excluding hydrogens is 221 g/mol. The van der Waals surface area contributed by atoms with Crippen molar-refractivity contribution in [1.29, 1.82) is 0 Å². The summed E-state index contributed by atoms with van der Waals surface area (Å²) in [7, 11) is 1.59. The summed E-state index contributed by atoms with van der Waals surface area (Å²) in [5.74, 6) is 0.490. The summed E-state index contributed by atoms with van der Waals surface area (Å²) in [4.78, 5) is 0. The summed E-state index contributed by atoms with van der Waals surface area (Å²) in [5, 5.41) is 11.9. The van der Waals surface area contributed by atoms with Crippen LogP contribution in [-0.4, -0.2) is 31.9 Å². The van der Waals surface area contributed by atoms with Crippen LogP contribution in [0.2, 0.25) is 0 Å². The third-order valence-corrected chi connectivity index (χ3v) is 2.58. The molecule has 4 heteroatoms. The fourth-order valence-corrected chi connectivity index (χ4v) is 1.65. The lowest BCUT2D eigenvalue weighted by Crippen LogP contribution is -2.19. The lowest BCUT2D eigenvalue weighted by Gasteiger charge is -2.09. The average Bonchev–Trinajstić information content (AvgIpc) is 2.34. The van der Waals surface area contributed by atoms with Gasteiger partial charge >= 0.3 is 0 Å². The van der Waals surface area contributed by atoms with Gasteiger partial charge in [-0.3, -0.25) is 0 Å². The van der Waals surface area contributed by atoms with Gasteiger partial charge in [0.05, 0.1) is 7.11 Å². The van der Waals surface area contributed by atoms with Gasteiger partial charge in [-0.2, -0.15) is 0 Å². The molecule has 0 amide bonds. The Morgan fingerprint density at radius 3 is 2.82 bits per heavy atom. The van der Waals surface area contributed by atoms with Crippen LogP contribution in [0.4, 0.5) is 4.39 Å². The molecule has 17 heavy (non-hydrogen) atoms. The van der Waals surface area contributed by atoms with Crippen LogP contribution in [0.15, 0.2) is 18.2 Å². The number of aliphatic hydroxyl groups is 1. The molecule has 0 atom stereocenters. The molecule has 0 saturated carbocycles. The van der Waals surface area contributed by atoms with E-state index in [4.69, 9.17) is 9.84 Å². The Balaban J connectivity index is 2.32. The second-order valence-corrected chi connectivity index (χ2v) is 3.89. The molecule has 0 aliphatic rings. The number of rotatable bonds is 8. The van der Waals surface area contributed by atoms with Gasteiger partial charge in [0.2, 0.25) is 0 Å². The van der Waals surface area contributed by atoms with Gasteiger partial charge in [0.1, 0.15) is 11.6 Å². The smallest absolute Gasteiger partial charge is 0.123 e. The highest BCUT2D eigenvalue weighted by Gasteiger charge is 2.03. The Labute approximate surface area is 102 Å². The van der Waals surface area contributed by atoms with Gasteiger partial charge in [-0.1, -0.05) is 0 Å². The van der Waals surface area contributed by atoms with E-state index in [9.17, 15) is 4.39 Å². The van der Waals surface area contributed by atoms with Crippen LogP contribution in [0.1, 0.15) is 18.4 Å². The standard InChI is InChI=1S/C13H20FNO2/c1-17-13-5-4-12(14)10-11(13)6-8-15-7-2-3-9-16/h4-5,10,15-16H,2-3,6-9H2,1H3. The number of nitrogens with one attached hydrogen (secondary N) is 1. The Morgan fingerprint density at radius 2 is 2.12 bits per heavy atom. The number of unbranched alkanes of at least 4 members (excludes halogenated alkanes) is 1. The van der Waals surface area contributed by atoms with E-state index >= 15 is 0 Å². The second kappa shape index (κ2) is 8.03.